The first kappa shape index (κ1) is 15.8. The number of para-hydroxylation sites is 1. The number of nitrogens with zero attached hydrogens (tertiary/aromatic N) is 2. The Morgan fingerprint density at radius 2 is 2.04 bits per heavy atom. The number of pyridine rings is 1. The van der Waals surface area contributed by atoms with E-state index in [1.807, 2.05) is 31.2 Å². The van der Waals surface area contributed by atoms with Crippen LogP contribution in [0.1, 0.15) is 52.3 Å². The summed E-state index contributed by atoms with van der Waals surface area (Å²) in [5.74, 6) is 0.237. The monoisotopic (exact) mass is 336 g/mol. The van der Waals surface area contributed by atoms with Crippen molar-refractivity contribution in [2.24, 2.45) is 0 Å². The molecule has 1 aromatic carbocycles. The normalized spacial score (nSPS) is 14.1. The Hall–Kier alpha value is -2.69. The van der Waals surface area contributed by atoms with Crippen molar-refractivity contribution in [2.45, 2.75) is 45.6 Å². The Kier molecular flexibility index (Phi) is 4.22. The SMILES string of the molecule is Cc1cc(COC(=O)c2c3c(nc4ccccc24)CCCCC3)on1. The number of carbonyl (C=O) groups is 1. The van der Waals surface area contributed by atoms with Crippen molar-refractivity contribution >= 4 is 16.9 Å². The van der Waals surface area contributed by atoms with Crippen LogP contribution in [0.25, 0.3) is 10.9 Å². The molecule has 1 aliphatic rings. The predicted molar refractivity (Wildman–Crippen MR) is 93.4 cm³/mol. The van der Waals surface area contributed by atoms with Gasteiger partial charge in [0.15, 0.2) is 12.4 Å². The van der Waals surface area contributed by atoms with Crippen LogP contribution in [0.3, 0.4) is 0 Å². The van der Waals surface area contributed by atoms with Crippen LogP contribution in [-0.2, 0) is 24.2 Å². The lowest BCUT2D eigenvalue weighted by atomic mass is 9.97. The van der Waals surface area contributed by atoms with E-state index in [1.54, 1.807) is 6.07 Å². The average Bonchev–Trinajstić information content (AvgIpc) is 2.90. The van der Waals surface area contributed by atoms with Gasteiger partial charge in [0.05, 0.1) is 16.8 Å². The van der Waals surface area contributed by atoms with E-state index in [2.05, 4.69) is 5.16 Å². The van der Waals surface area contributed by atoms with E-state index in [4.69, 9.17) is 14.2 Å². The molecule has 0 bridgehead atoms. The maximum atomic E-state index is 12.9. The summed E-state index contributed by atoms with van der Waals surface area (Å²) in [7, 11) is 0. The molecule has 5 heteroatoms. The van der Waals surface area contributed by atoms with Crippen LogP contribution in [0, 0.1) is 6.92 Å². The van der Waals surface area contributed by atoms with Crippen LogP contribution in [-0.4, -0.2) is 16.1 Å². The number of aryl methyl sites for hydroxylation is 2. The highest BCUT2D eigenvalue weighted by Crippen LogP contribution is 2.29. The zero-order chi connectivity index (χ0) is 17.2. The average molecular weight is 336 g/mol. The Labute approximate surface area is 146 Å². The molecule has 0 saturated carbocycles. The number of hydrogen-bond donors (Lipinski definition) is 0. The molecule has 0 N–H and O–H groups in total. The Morgan fingerprint density at radius 3 is 2.88 bits per heavy atom. The van der Waals surface area contributed by atoms with Crippen molar-refractivity contribution in [1.82, 2.24) is 10.1 Å². The summed E-state index contributed by atoms with van der Waals surface area (Å²) in [4.78, 5) is 17.7. The number of fused-ring (bicyclic) bond motifs is 2. The lowest BCUT2D eigenvalue weighted by Crippen LogP contribution is -2.12. The molecule has 0 spiro atoms. The van der Waals surface area contributed by atoms with E-state index in [0.29, 0.717) is 11.3 Å². The number of esters is 1. The molecular weight excluding hydrogens is 316 g/mol. The lowest BCUT2D eigenvalue weighted by molar-refractivity contribution is 0.0438. The number of aromatic nitrogens is 2. The molecule has 0 amide bonds. The smallest absolute Gasteiger partial charge is 0.339 e. The van der Waals surface area contributed by atoms with Crippen molar-refractivity contribution in [3.63, 3.8) is 0 Å². The molecule has 5 nitrogen and oxygen atoms in total. The van der Waals surface area contributed by atoms with Gasteiger partial charge in [-0.2, -0.15) is 0 Å². The van der Waals surface area contributed by atoms with E-state index in [1.165, 1.54) is 6.42 Å². The summed E-state index contributed by atoms with van der Waals surface area (Å²) >= 11 is 0. The fourth-order valence-electron chi connectivity index (χ4n) is 3.48. The summed E-state index contributed by atoms with van der Waals surface area (Å²) in [6, 6.07) is 9.56. The van der Waals surface area contributed by atoms with Crippen molar-refractivity contribution < 1.29 is 14.1 Å². The van der Waals surface area contributed by atoms with Crippen LogP contribution in [0.2, 0.25) is 0 Å². The van der Waals surface area contributed by atoms with Gasteiger partial charge in [-0.25, -0.2) is 4.79 Å². The van der Waals surface area contributed by atoms with Gasteiger partial charge in [0.25, 0.3) is 0 Å². The van der Waals surface area contributed by atoms with Crippen molar-refractivity contribution in [1.29, 1.82) is 0 Å². The molecule has 0 unspecified atom stereocenters. The predicted octanol–water partition coefficient (Wildman–Crippen LogP) is 4.16. The molecule has 2 aromatic heterocycles. The van der Waals surface area contributed by atoms with E-state index in [0.717, 1.165) is 53.5 Å². The number of hydrogen-bond acceptors (Lipinski definition) is 5. The molecule has 4 rings (SSSR count). The van der Waals surface area contributed by atoms with Crippen LogP contribution < -0.4 is 0 Å². The molecule has 0 atom stereocenters. The third-order valence-corrected chi connectivity index (χ3v) is 4.65. The van der Waals surface area contributed by atoms with Gasteiger partial charge in [0.2, 0.25) is 0 Å². The molecule has 3 aromatic rings. The second kappa shape index (κ2) is 6.67. The van der Waals surface area contributed by atoms with E-state index in [9.17, 15) is 4.79 Å². The Bertz CT molecular complexity index is 930. The molecule has 0 fully saturated rings. The van der Waals surface area contributed by atoms with Crippen LogP contribution in [0.4, 0.5) is 0 Å². The quantitative estimate of drug-likeness (QED) is 0.531. The first-order chi connectivity index (χ1) is 12.2. The minimum absolute atomic E-state index is 0.0884. The highest BCUT2D eigenvalue weighted by molar-refractivity contribution is 6.05. The maximum Gasteiger partial charge on any atom is 0.339 e. The zero-order valence-corrected chi connectivity index (χ0v) is 14.2. The Balaban J connectivity index is 1.73. The summed E-state index contributed by atoms with van der Waals surface area (Å²) in [6.07, 6.45) is 5.15. The lowest BCUT2D eigenvalue weighted by Gasteiger charge is -2.14. The van der Waals surface area contributed by atoms with E-state index >= 15 is 0 Å². The van der Waals surface area contributed by atoms with Crippen LogP contribution in [0.15, 0.2) is 34.9 Å². The first-order valence-corrected chi connectivity index (χ1v) is 8.72. The van der Waals surface area contributed by atoms with Crippen molar-refractivity contribution in [2.75, 3.05) is 0 Å². The topological polar surface area (TPSA) is 65.2 Å². The third kappa shape index (κ3) is 3.14. The highest BCUT2D eigenvalue weighted by Gasteiger charge is 2.23. The highest BCUT2D eigenvalue weighted by atomic mass is 16.5. The van der Waals surface area contributed by atoms with Gasteiger partial charge < -0.3 is 9.26 Å². The summed E-state index contributed by atoms with van der Waals surface area (Å²) in [5, 5.41) is 4.69. The standard InChI is InChI=1S/C20H20N2O3/c1-13-11-14(25-22-13)12-24-20(23)19-15-7-3-2-4-9-17(15)21-18-10-6-5-8-16(18)19/h5-6,8,10-11H,2-4,7,9,12H2,1H3. The van der Waals surface area contributed by atoms with Crippen LogP contribution >= 0.6 is 0 Å². The van der Waals surface area contributed by atoms with E-state index < -0.39 is 0 Å². The summed E-state index contributed by atoms with van der Waals surface area (Å²) in [5.41, 5.74) is 4.38. The van der Waals surface area contributed by atoms with Gasteiger partial charge >= 0.3 is 5.97 Å². The van der Waals surface area contributed by atoms with E-state index in [-0.39, 0.29) is 12.6 Å². The molecule has 0 radical (unpaired) electrons. The molecule has 0 saturated heterocycles. The number of ether oxygens (including phenoxy) is 1. The van der Waals surface area contributed by atoms with Gasteiger partial charge in [-0.3, -0.25) is 4.98 Å². The fourth-order valence-corrected chi connectivity index (χ4v) is 3.48. The molecule has 1 aliphatic carbocycles. The van der Waals surface area contributed by atoms with Crippen molar-refractivity contribution in [3.05, 3.63) is 58.6 Å². The Morgan fingerprint density at radius 1 is 1.20 bits per heavy atom. The fraction of sp³-hybridized carbons (Fsp3) is 0.350. The van der Waals surface area contributed by atoms with Gasteiger partial charge in [0, 0.05) is 17.1 Å². The largest absolute Gasteiger partial charge is 0.454 e. The summed E-state index contributed by atoms with van der Waals surface area (Å²) < 4.78 is 10.7. The second-order valence-corrected chi connectivity index (χ2v) is 6.50. The molecule has 128 valence electrons. The molecule has 0 aliphatic heterocycles. The molecule has 2 heterocycles. The first-order valence-electron chi connectivity index (χ1n) is 8.72. The van der Waals surface area contributed by atoms with Gasteiger partial charge in [0.1, 0.15) is 0 Å². The third-order valence-electron chi connectivity index (χ3n) is 4.65. The van der Waals surface area contributed by atoms with Gasteiger partial charge in [-0.1, -0.05) is 29.8 Å². The summed E-state index contributed by atoms with van der Waals surface area (Å²) in [6.45, 7) is 1.93. The second-order valence-electron chi connectivity index (χ2n) is 6.50. The van der Waals surface area contributed by atoms with Crippen LogP contribution in [0.5, 0.6) is 0 Å². The minimum Gasteiger partial charge on any atom is -0.454 e. The number of carbonyl (C=O) groups excluding carboxylic acids is 1. The number of benzene rings is 1. The van der Waals surface area contributed by atoms with Crippen molar-refractivity contribution in [3.8, 4) is 0 Å². The maximum absolute atomic E-state index is 12.9. The van der Waals surface area contributed by atoms with Gasteiger partial charge in [-0.05, 0) is 44.2 Å². The van der Waals surface area contributed by atoms with Gasteiger partial charge in [-0.15, -0.1) is 0 Å². The number of rotatable bonds is 3. The zero-order valence-electron chi connectivity index (χ0n) is 14.2. The molecule has 25 heavy (non-hydrogen) atoms. The minimum atomic E-state index is -0.314. The molecular formula is C20H20N2O3.